The number of carbonyl (C=O) groups is 1. The molecule has 0 saturated heterocycles. The third kappa shape index (κ3) is 3.21. The number of anilines is 2. The largest absolute Gasteiger partial charge is 0.397 e. The topological polar surface area (TPSA) is 49.6 Å². The Morgan fingerprint density at radius 1 is 1.37 bits per heavy atom. The van der Waals surface area contributed by atoms with Crippen molar-refractivity contribution in [3.63, 3.8) is 0 Å². The van der Waals surface area contributed by atoms with Crippen molar-refractivity contribution >= 4 is 27.9 Å². The zero-order chi connectivity index (χ0) is 14.0. The zero-order valence-electron chi connectivity index (χ0n) is 12.0. The first-order valence-corrected chi connectivity index (χ1v) is 7.62. The average molecular weight is 281 g/mol. The Morgan fingerprint density at radius 3 is 2.58 bits per heavy atom. The van der Waals surface area contributed by atoms with E-state index in [1.807, 2.05) is 6.07 Å². The van der Waals surface area contributed by atoms with Crippen LogP contribution in [0.5, 0.6) is 0 Å². The maximum Gasteiger partial charge on any atom is 0.265 e. The van der Waals surface area contributed by atoms with Crippen molar-refractivity contribution in [2.24, 2.45) is 5.92 Å². The molecule has 0 unspecified atom stereocenters. The first kappa shape index (κ1) is 14.2. The van der Waals surface area contributed by atoms with Gasteiger partial charge in [0.05, 0.1) is 10.7 Å². The van der Waals surface area contributed by atoms with Crippen LogP contribution in [0, 0.1) is 5.92 Å². The molecule has 1 aromatic rings. The fourth-order valence-corrected chi connectivity index (χ4v) is 3.69. The van der Waals surface area contributed by atoms with Gasteiger partial charge in [-0.05, 0) is 24.8 Å². The second-order valence-electron chi connectivity index (χ2n) is 5.60. The van der Waals surface area contributed by atoms with Crippen LogP contribution < -0.4 is 10.6 Å². The molecule has 1 aliphatic rings. The Bertz CT molecular complexity index is 450. The van der Waals surface area contributed by atoms with Crippen molar-refractivity contribution in [1.29, 1.82) is 0 Å². The normalized spacial score (nSPS) is 15.7. The van der Waals surface area contributed by atoms with Gasteiger partial charge in [-0.2, -0.15) is 0 Å². The summed E-state index contributed by atoms with van der Waals surface area (Å²) in [6.45, 7) is 1.07. The Hall–Kier alpha value is -1.23. The lowest BCUT2D eigenvalue weighted by Crippen LogP contribution is -2.23. The minimum Gasteiger partial charge on any atom is -0.397 e. The quantitative estimate of drug-likeness (QED) is 0.923. The zero-order valence-corrected chi connectivity index (χ0v) is 12.8. The van der Waals surface area contributed by atoms with Crippen LogP contribution in [0.4, 0.5) is 10.7 Å². The second-order valence-corrected chi connectivity index (χ2v) is 6.63. The van der Waals surface area contributed by atoms with E-state index in [1.54, 1.807) is 19.0 Å². The van der Waals surface area contributed by atoms with Crippen LogP contribution >= 0.6 is 11.3 Å². The van der Waals surface area contributed by atoms with Crippen LogP contribution in [0.1, 0.15) is 35.4 Å². The van der Waals surface area contributed by atoms with Gasteiger partial charge in [0.15, 0.2) is 0 Å². The number of hydrogen-bond acceptors (Lipinski definition) is 4. The first-order valence-electron chi connectivity index (χ1n) is 6.81. The number of thiophene rings is 1. The second kappa shape index (κ2) is 5.82. The molecule has 5 heteroatoms. The molecule has 106 valence electrons. The van der Waals surface area contributed by atoms with Gasteiger partial charge in [-0.25, -0.2) is 0 Å². The molecule has 1 heterocycles. The van der Waals surface area contributed by atoms with Crippen molar-refractivity contribution < 1.29 is 4.79 Å². The highest BCUT2D eigenvalue weighted by Gasteiger charge is 2.21. The van der Waals surface area contributed by atoms with Crippen LogP contribution in [0.15, 0.2) is 6.07 Å². The van der Waals surface area contributed by atoms with E-state index in [2.05, 4.69) is 11.9 Å². The summed E-state index contributed by atoms with van der Waals surface area (Å²) in [5.41, 5.74) is 6.56. The third-order valence-electron chi connectivity index (χ3n) is 3.73. The molecule has 0 atom stereocenters. The number of nitrogens with two attached hydrogens (primary N) is 1. The Labute approximate surface area is 119 Å². The maximum absolute atomic E-state index is 12.0. The predicted molar refractivity (Wildman–Crippen MR) is 82.0 cm³/mol. The number of hydrogen-bond donors (Lipinski definition) is 1. The fraction of sp³-hybridized carbons (Fsp3) is 0.643. The van der Waals surface area contributed by atoms with Gasteiger partial charge < -0.3 is 15.5 Å². The maximum atomic E-state index is 12.0. The molecule has 1 aliphatic carbocycles. The summed E-state index contributed by atoms with van der Waals surface area (Å²) >= 11 is 1.50. The SMILES string of the molecule is CN(C)C(=O)c1sc(N(C)CC2CCCC2)cc1N. The fourth-order valence-electron chi connectivity index (χ4n) is 2.62. The average Bonchev–Trinajstić information content (AvgIpc) is 2.97. The summed E-state index contributed by atoms with van der Waals surface area (Å²) in [5, 5.41) is 1.09. The molecule has 1 fully saturated rings. The molecule has 0 radical (unpaired) electrons. The van der Waals surface area contributed by atoms with Crippen LogP contribution in [0.2, 0.25) is 0 Å². The van der Waals surface area contributed by atoms with E-state index >= 15 is 0 Å². The van der Waals surface area contributed by atoms with E-state index in [0.717, 1.165) is 17.5 Å². The van der Waals surface area contributed by atoms with E-state index in [9.17, 15) is 4.79 Å². The van der Waals surface area contributed by atoms with Gasteiger partial charge in [0.25, 0.3) is 5.91 Å². The minimum absolute atomic E-state index is 0.0111. The molecule has 0 aromatic carbocycles. The van der Waals surface area contributed by atoms with Gasteiger partial charge in [-0.15, -0.1) is 11.3 Å². The summed E-state index contributed by atoms with van der Waals surface area (Å²) in [6.07, 6.45) is 5.37. The monoisotopic (exact) mass is 281 g/mol. The minimum atomic E-state index is -0.0111. The predicted octanol–water partition coefficient (Wildman–Crippen LogP) is 2.66. The molecule has 1 amide bonds. The molecular formula is C14H23N3OS. The van der Waals surface area contributed by atoms with E-state index in [-0.39, 0.29) is 5.91 Å². The lowest BCUT2D eigenvalue weighted by Gasteiger charge is -2.21. The number of nitrogen functional groups attached to an aromatic ring is 1. The van der Waals surface area contributed by atoms with Crippen LogP contribution in [0.25, 0.3) is 0 Å². The van der Waals surface area contributed by atoms with Gasteiger partial charge >= 0.3 is 0 Å². The Balaban J connectivity index is 2.08. The smallest absolute Gasteiger partial charge is 0.265 e. The van der Waals surface area contributed by atoms with Gasteiger partial charge in [0.1, 0.15) is 4.88 Å². The molecule has 0 bridgehead atoms. The van der Waals surface area contributed by atoms with Crippen molar-refractivity contribution in [3.05, 3.63) is 10.9 Å². The van der Waals surface area contributed by atoms with Crippen molar-refractivity contribution in [3.8, 4) is 0 Å². The highest BCUT2D eigenvalue weighted by atomic mass is 32.1. The Kier molecular flexibility index (Phi) is 4.34. The van der Waals surface area contributed by atoms with Gasteiger partial charge in [-0.3, -0.25) is 4.79 Å². The molecule has 0 aliphatic heterocycles. The van der Waals surface area contributed by atoms with Crippen molar-refractivity contribution in [2.75, 3.05) is 38.3 Å². The summed E-state index contributed by atoms with van der Waals surface area (Å²) in [5.74, 6) is 0.782. The summed E-state index contributed by atoms with van der Waals surface area (Å²) < 4.78 is 0. The summed E-state index contributed by atoms with van der Waals surface area (Å²) in [4.78, 5) is 16.4. The number of rotatable bonds is 4. The number of nitrogens with zero attached hydrogens (tertiary/aromatic N) is 2. The third-order valence-corrected chi connectivity index (χ3v) is 4.98. The molecule has 2 N–H and O–H groups in total. The first-order chi connectivity index (χ1) is 8.99. The number of carbonyl (C=O) groups excluding carboxylic acids is 1. The van der Waals surface area contributed by atoms with Crippen molar-refractivity contribution in [2.45, 2.75) is 25.7 Å². The van der Waals surface area contributed by atoms with Crippen LogP contribution in [-0.2, 0) is 0 Å². The molecule has 1 aromatic heterocycles. The van der Waals surface area contributed by atoms with E-state index in [0.29, 0.717) is 10.6 Å². The molecule has 0 spiro atoms. The van der Waals surface area contributed by atoms with E-state index < -0.39 is 0 Å². The lowest BCUT2D eigenvalue weighted by atomic mass is 10.1. The molecule has 2 rings (SSSR count). The highest BCUT2D eigenvalue weighted by molar-refractivity contribution is 7.18. The Morgan fingerprint density at radius 2 is 2.00 bits per heavy atom. The van der Waals surface area contributed by atoms with Crippen LogP contribution in [0.3, 0.4) is 0 Å². The standard InChI is InChI=1S/C14H23N3OS/c1-16(2)14(18)13-11(15)8-12(19-13)17(3)9-10-6-4-5-7-10/h8,10H,4-7,9,15H2,1-3H3. The van der Waals surface area contributed by atoms with Crippen molar-refractivity contribution in [1.82, 2.24) is 4.90 Å². The molecule has 19 heavy (non-hydrogen) atoms. The molecular weight excluding hydrogens is 258 g/mol. The molecule has 1 saturated carbocycles. The highest BCUT2D eigenvalue weighted by Crippen LogP contribution is 2.34. The van der Waals surface area contributed by atoms with Gasteiger partial charge in [0.2, 0.25) is 0 Å². The van der Waals surface area contributed by atoms with E-state index in [4.69, 9.17) is 5.73 Å². The van der Waals surface area contributed by atoms with Gasteiger partial charge in [0, 0.05) is 27.7 Å². The molecule has 4 nitrogen and oxygen atoms in total. The van der Waals surface area contributed by atoms with E-state index in [1.165, 1.54) is 37.0 Å². The summed E-state index contributed by atoms with van der Waals surface area (Å²) in [7, 11) is 5.60. The van der Waals surface area contributed by atoms with Gasteiger partial charge in [-0.1, -0.05) is 12.8 Å². The number of amides is 1. The lowest BCUT2D eigenvalue weighted by molar-refractivity contribution is 0.0833. The summed E-state index contributed by atoms with van der Waals surface area (Å²) in [6, 6.07) is 1.93. The van der Waals surface area contributed by atoms with Crippen LogP contribution in [-0.4, -0.2) is 38.5 Å².